The molecule has 0 spiro atoms. The van der Waals surface area contributed by atoms with Gasteiger partial charge in [-0.05, 0) is 80.0 Å². The van der Waals surface area contributed by atoms with Crippen molar-refractivity contribution < 1.29 is 9.59 Å². The molecule has 4 saturated carbocycles. The summed E-state index contributed by atoms with van der Waals surface area (Å²) in [6.07, 6.45) is 6.64. The predicted molar refractivity (Wildman–Crippen MR) is 98.2 cm³/mol. The quantitative estimate of drug-likeness (QED) is 0.875. The number of benzene rings is 1. The van der Waals surface area contributed by atoms with Gasteiger partial charge in [0.1, 0.15) is 0 Å². The van der Waals surface area contributed by atoms with E-state index in [0.717, 1.165) is 17.5 Å². The van der Waals surface area contributed by atoms with Gasteiger partial charge in [0.15, 0.2) is 0 Å². The van der Waals surface area contributed by atoms with Gasteiger partial charge in [-0.3, -0.25) is 9.59 Å². The molecule has 0 aromatic heterocycles. The monoisotopic (exact) mass is 340 g/mol. The van der Waals surface area contributed by atoms with Crippen molar-refractivity contribution in [3.05, 3.63) is 29.8 Å². The van der Waals surface area contributed by atoms with Gasteiger partial charge < -0.3 is 10.6 Å². The van der Waals surface area contributed by atoms with Crippen molar-refractivity contribution in [1.82, 2.24) is 5.32 Å². The first-order valence-corrected chi connectivity index (χ1v) is 9.71. The molecule has 4 nitrogen and oxygen atoms in total. The van der Waals surface area contributed by atoms with Crippen molar-refractivity contribution in [2.45, 2.75) is 52.0 Å². The summed E-state index contributed by atoms with van der Waals surface area (Å²) in [5.74, 6) is 3.17. The van der Waals surface area contributed by atoms with Gasteiger partial charge in [0.25, 0.3) is 5.91 Å². The lowest BCUT2D eigenvalue weighted by Crippen LogP contribution is -2.55. The van der Waals surface area contributed by atoms with Crippen LogP contribution < -0.4 is 10.6 Å². The minimum absolute atomic E-state index is 0.00852. The van der Waals surface area contributed by atoms with E-state index in [1.807, 2.05) is 26.0 Å². The van der Waals surface area contributed by atoms with Crippen molar-refractivity contribution in [1.29, 1.82) is 0 Å². The molecular weight excluding hydrogens is 312 g/mol. The maximum Gasteiger partial charge on any atom is 0.251 e. The van der Waals surface area contributed by atoms with Crippen LogP contribution in [0.25, 0.3) is 0 Å². The summed E-state index contributed by atoms with van der Waals surface area (Å²) in [4.78, 5) is 24.4. The summed E-state index contributed by atoms with van der Waals surface area (Å²) < 4.78 is 0. The fourth-order valence-corrected chi connectivity index (χ4v) is 5.39. The van der Waals surface area contributed by atoms with Gasteiger partial charge in [-0.25, -0.2) is 0 Å². The number of nitrogens with one attached hydrogen (secondary N) is 2. The summed E-state index contributed by atoms with van der Waals surface area (Å²) in [6, 6.07) is 7.60. The van der Waals surface area contributed by atoms with E-state index in [4.69, 9.17) is 0 Å². The standard InChI is InChI=1S/C21H28N2O2/c1-12(2)20(24)22-18-5-3-15(4-6-18)21(25)23-19-16-8-13-7-14(10-16)11-17(19)9-13/h3-6,12-14,16-17,19H,7-11H2,1-2H3,(H,22,24)(H,23,25). The lowest BCUT2D eigenvalue weighted by atomic mass is 9.54. The number of hydrogen-bond acceptors (Lipinski definition) is 2. The van der Waals surface area contributed by atoms with E-state index in [2.05, 4.69) is 10.6 Å². The highest BCUT2D eigenvalue weighted by molar-refractivity contribution is 5.96. The minimum atomic E-state index is -0.0556. The number of carbonyl (C=O) groups excluding carboxylic acids is 2. The van der Waals surface area contributed by atoms with Gasteiger partial charge in [-0.1, -0.05) is 13.8 Å². The Morgan fingerprint density at radius 3 is 2.00 bits per heavy atom. The number of carbonyl (C=O) groups is 2. The Hall–Kier alpha value is -1.84. The largest absolute Gasteiger partial charge is 0.349 e. The van der Waals surface area contributed by atoms with Crippen molar-refractivity contribution in [3.8, 4) is 0 Å². The molecule has 4 aliphatic carbocycles. The van der Waals surface area contributed by atoms with Crippen molar-refractivity contribution >= 4 is 17.5 Å². The van der Waals surface area contributed by atoms with Crippen molar-refractivity contribution in [2.24, 2.45) is 29.6 Å². The molecule has 0 aliphatic heterocycles. The molecule has 4 fully saturated rings. The van der Waals surface area contributed by atoms with Crippen LogP contribution in [0.15, 0.2) is 24.3 Å². The normalized spacial score (nSPS) is 32.7. The molecule has 4 aliphatic rings. The van der Waals surface area contributed by atoms with Crippen LogP contribution in [0, 0.1) is 29.6 Å². The first-order valence-electron chi connectivity index (χ1n) is 9.71. The van der Waals surface area contributed by atoms with Crippen LogP contribution in [-0.2, 0) is 4.79 Å². The summed E-state index contributed by atoms with van der Waals surface area (Å²) in [6.45, 7) is 3.73. The highest BCUT2D eigenvalue weighted by Gasteiger charge is 2.48. The van der Waals surface area contributed by atoms with E-state index in [1.54, 1.807) is 12.1 Å². The third-order valence-electron chi connectivity index (χ3n) is 6.46. The fourth-order valence-electron chi connectivity index (χ4n) is 5.39. The third-order valence-corrected chi connectivity index (χ3v) is 6.46. The molecule has 2 N–H and O–H groups in total. The van der Waals surface area contributed by atoms with Crippen LogP contribution in [0.1, 0.15) is 56.3 Å². The average molecular weight is 340 g/mol. The predicted octanol–water partition coefficient (Wildman–Crippen LogP) is 3.84. The second kappa shape index (κ2) is 6.47. The Kier molecular flexibility index (Phi) is 4.30. The Morgan fingerprint density at radius 1 is 0.920 bits per heavy atom. The number of anilines is 1. The Bertz CT molecular complexity index is 637. The molecule has 134 valence electrons. The lowest BCUT2D eigenvalue weighted by molar-refractivity contribution is -0.118. The molecule has 0 atom stereocenters. The molecule has 0 unspecified atom stereocenters. The maximum absolute atomic E-state index is 12.7. The molecule has 0 radical (unpaired) electrons. The molecule has 2 amide bonds. The number of hydrogen-bond donors (Lipinski definition) is 2. The van der Waals surface area contributed by atoms with Crippen molar-refractivity contribution in [2.75, 3.05) is 5.32 Å². The van der Waals surface area contributed by atoms with Crippen LogP contribution >= 0.6 is 0 Å². The molecule has 0 saturated heterocycles. The SMILES string of the molecule is CC(C)C(=O)Nc1ccc(C(=O)NC2C3CC4CC(C3)CC2C4)cc1. The molecule has 4 heteroatoms. The fraction of sp³-hybridized carbons (Fsp3) is 0.619. The van der Waals surface area contributed by atoms with E-state index in [9.17, 15) is 9.59 Å². The van der Waals surface area contributed by atoms with Crippen LogP contribution in [0.4, 0.5) is 5.69 Å². The molecule has 5 rings (SSSR count). The zero-order chi connectivity index (χ0) is 17.6. The Morgan fingerprint density at radius 2 is 1.48 bits per heavy atom. The lowest BCUT2D eigenvalue weighted by Gasteiger charge is -2.54. The summed E-state index contributed by atoms with van der Waals surface area (Å²) in [7, 11) is 0. The van der Waals surface area contributed by atoms with E-state index >= 15 is 0 Å². The van der Waals surface area contributed by atoms with Crippen molar-refractivity contribution in [3.63, 3.8) is 0 Å². The third kappa shape index (κ3) is 3.31. The van der Waals surface area contributed by atoms with E-state index in [-0.39, 0.29) is 17.7 Å². The number of rotatable bonds is 4. The van der Waals surface area contributed by atoms with E-state index in [1.165, 1.54) is 32.1 Å². The summed E-state index contributed by atoms with van der Waals surface area (Å²) in [5, 5.41) is 6.19. The van der Waals surface area contributed by atoms with Crippen LogP contribution in [0.5, 0.6) is 0 Å². The second-order valence-corrected chi connectivity index (χ2v) is 8.65. The van der Waals surface area contributed by atoms with E-state index < -0.39 is 0 Å². The Labute approximate surface area is 149 Å². The zero-order valence-corrected chi connectivity index (χ0v) is 15.1. The molecule has 4 bridgehead atoms. The molecule has 1 aromatic rings. The maximum atomic E-state index is 12.7. The van der Waals surface area contributed by atoms with Crippen LogP contribution in [-0.4, -0.2) is 17.9 Å². The van der Waals surface area contributed by atoms with Gasteiger partial charge in [0.05, 0.1) is 0 Å². The molecule has 1 aromatic carbocycles. The zero-order valence-electron chi connectivity index (χ0n) is 15.1. The highest BCUT2D eigenvalue weighted by Crippen LogP contribution is 2.53. The van der Waals surface area contributed by atoms with Gasteiger partial charge in [0, 0.05) is 23.2 Å². The average Bonchev–Trinajstić information content (AvgIpc) is 2.58. The molecule has 25 heavy (non-hydrogen) atoms. The second-order valence-electron chi connectivity index (χ2n) is 8.65. The van der Waals surface area contributed by atoms with Gasteiger partial charge in [0.2, 0.25) is 5.91 Å². The van der Waals surface area contributed by atoms with Gasteiger partial charge >= 0.3 is 0 Å². The smallest absolute Gasteiger partial charge is 0.251 e. The first kappa shape index (κ1) is 16.6. The Balaban J connectivity index is 1.39. The highest BCUT2D eigenvalue weighted by atomic mass is 16.2. The van der Waals surface area contributed by atoms with Crippen LogP contribution in [0.3, 0.4) is 0 Å². The van der Waals surface area contributed by atoms with Gasteiger partial charge in [-0.2, -0.15) is 0 Å². The molecule has 0 heterocycles. The summed E-state index contributed by atoms with van der Waals surface area (Å²) in [5.41, 5.74) is 1.42. The van der Waals surface area contributed by atoms with Gasteiger partial charge in [-0.15, -0.1) is 0 Å². The summed E-state index contributed by atoms with van der Waals surface area (Å²) >= 11 is 0. The topological polar surface area (TPSA) is 58.2 Å². The first-order chi connectivity index (χ1) is 12.0. The van der Waals surface area contributed by atoms with Crippen LogP contribution in [0.2, 0.25) is 0 Å². The number of amides is 2. The van der Waals surface area contributed by atoms with E-state index in [0.29, 0.717) is 23.4 Å². The minimum Gasteiger partial charge on any atom is -0.349 e. The molecular formula is C21H28N2O2.